The number of benzene rings is 1. The van der Waals surface area contributed by atoms with Gasteiger partial charge >= 0.3 is 11.9 Å². The van der Waals surface area contributed by atoms with E-state index in [0.29, 0.717) is 0 Å². The Bertz CT molecular complexity index is 448. The Morgan fingerprint density at radius 1 is 1.05 bits per heavy atom. The monoisotopic (exact) mass is 306 g/mol. The summed E-state index contributed by atoms with van der Waals surface area (Å²) in [6, 6.07) is 3.14. The minimum absolute atomic E-state index is 0.127. The van der Waals surface area contributed by atoms with E-state index < -0.39 is 11.9 Å². The molecule has 0 fully saturated rings. The molecule has 0 saturated heterocycles. The van der Waals surface area contributed by atoms with Crippen molar-refractivity contribution in [2.75, 3.05) is 18.9 Å². The van der Waals surface area contributed by atoms with Crippen LogP contribution in [0.3, 0.4) is 0 Å². The number of carbonyl (C=O) groups is 2. The molecule has 0 heterocycles. The molecule has 0 aliphatic carbocycles. The lowest BCUT2D eigenvalue weighted by molar-refractivity contribution is -0.132. The second-order valence-corrected chi connectivity index (χ2v) is 4.04. The number of hydrogen-bond donors (Lipinski definition) is 0. The smallest absolute Gasteiger partial charge is 0.326 e. The second-order valence-electron chi connectivity index (χ2n) is 3.51. The molecule has 7 heteroatoms. The number of ether oxygens (including phenoxy) is 3. The fourth-order valence-electron chi connectivity index (χ4n) is 1.36. The minimum atomic E-state index is -0.639. The number of carbonyl (C=O) groups excluding carboxylic acids is 2. The number of alkyl halides is 2. The van der Waals surface area contributed by atoms with Crippen molar-refractivity contribution >= 4 is 35.1 Å². The van der Waals surface area contributed by atoms with Crippen LogP contribution in [0.5, 0.6) is 17.2 Å². The number of rotatable bonds is 5. The Balaban J connectivity index is 3.16. The Morgan fingerprint density at radius 2 is 1.47 bits per heavy atom. The lowest BCUT2D eigenvalue weighted by Gasteiger charge is -2.13. The maximum atomic E-state index is 11.2. The topological polar surface area (TPSA) is 61.8 Å². The van der Waals surface area contributed by atoms with Crippen LogP contribution in [0.4, 0.5) is 0 Å². The first-order chi connectivity index (χ1) is 9.01. The van der Waals surface area contributed by atoms with Crippen LogP contribution in [0.25, 0.3) is 0 Å². The molecule has 5 nitrogen and oxygen atoms in total. The average Bonchev–Trinajstić information content (AvgIpc) is 2.38. The molecule has 0 saturated carbocycles. The van der Waals surface area contributed by atoms with Crippen LogP contribution in [0.2, 0.25) is 0 Å². The molecule has 0 spiro atoms. The first kappa shape index (κ1) is 15.6. The molecule has 0 unspecified atom stereocenters. The summed E-state index contributed by atoms with van der Waals surface area (Å²) >= 11 is 10.7. The van der Waals surface area contributed by atoms with Crippen LogP contribution >= 0.6 is 23.2 Å². The van der Waals surface area contributed by atoms with Crippen molar-refractivity contribution < 1.29 is 23.8 Å². The summed E-state index contributed by atoms with van der Waals surface area (Å²) < 4.78 is 15.1. The molecular weight excluding hydrogens is 295 g/mol. The van der Waals surface area contributed by atoms with Gasteiger partial charge in [-0.1, -0.05) is 0 Å². The number of aryl methyl sites for hydroxylation is 1. The van der Waals surface area contributed by atoms with E-state index in [1.165, 1.54) is 7.11 Å². The van der Waals surface area contributed by atoms with Crippen molar-refractivity contribution in [1.29, 1.82) is 0 Å². The van der Waals surface area contributed by atoms with E-state index in [4.69, 9.17) is 37.4 Å². The Labute approximate surface area is 120 Å². The molecule has 0 aliphatic rings. The predicted molar refractivity (Wildman–Crippen MR) is 70.4 cm³/mol. The highest BCUT2D eigenvalue weighted by atomic mass is 35.5. The van der Waals surface area contributed by atoms with Crippen LogP contribution < -0.4 is 14.2 Å². The molecule has 0 atom stereocenters. The predicted octanol–water partition coefficient (Wildman–Crippen LogP) is 2.29. The Kier molecular flexibility index (Phi) is 5.92. The zero-order chi connectivity index (χ0) is 14.4. The van der Waals surface area contributed by atoms with E-state index >= 15 is 0 Å². The van der Waals surface area contributed by atoms with E-state index in [9.17, 15) is 9.59 Å². The fraction of sp³-hybridized carbons (Fsp3) is 0.333. The highest BCUT2D eigenvalue weighted by molar-refractivity contribution is 6.27. The first-order valence-corrected chi connectivity index (χ1v) is 6.30. The standard InChI is InChI=1S/C12H12Cl2O5/c1-7-3-8(18-10(15)5-13)12(17-2)9(4-7)19-11(16)6-14/h3-4H,5-6H2,1-2H3. The van der Waals surface area contributed by atoms with Crippen LogP contribution in [-0.4, -0.2) is 30.8 Å². The number of methoxy groups -OCH3 is 1. The number of halogens is 2. The minimum Gasteiger partial charge on any atom is -0.490 e. The maximum absolute atomic E-state index is 11.2. The van der Waals surface area contributed by atoms with Gasteiger partial charge in [-0.3, -0.25) is 9.59 Å². The van der Waals surface area contributed by atoms with Gasteiger partial charge < -0.3 is 14.2 Å². The second kappa shape index (κ2) is 7.21. The van der Waals surface area contributed by atoms with Gasteiger partial charge in [0.25, 0.3) is 0 Å². The lowest BCUT2D eigenvalue weighted by Crippen LogP contribution is -2.13. The molecule has 0 radical (unpaired) electrons. The molecule has 1 aromatic carbocycles. The zero-order valence-corrected chi connectivity index (χ0v) is 11.9. The number of esters is 2. The van der Waals surface area contributed by atoms with Gasteiger partial charge in [0, 0.05) is 0 Å². The summed E-state index contributed by atoms with van der Waals surface area (Å²) in [4.78, 5) is 22.4. The van der Waals surface area contributed by atoms with Crippen LogP contribution in [-0.2, 0) is 9.59 Å². The highest BCUT2D eigenvalue weighted by Crippen LogP contribution is 2.38. The molecule has 19 heavy (non-hydrogen) atoms. The van der Waals surface area contributed by atoms with Crippen LogP contribution in [0.1, 0.15) is 5.56 Å². The molecule has 0 bridgehead atoms. The van der Waals surface area contributed by atoms with E-state index in [1.54, 1.807) is 19.1 Å². The molecule has 0 amide bonds. The quantitative estimate of drug-likeness (QED) is 0.474. The van der Waals surface area contributed by atoms with E-state index in [1.807, 2.05) is 0 Å². The molecular formula is C12H12Cl2O5. The molecule has 0 N–H and O–H groups in total. The maximum Gasteiger partial charge on any atom is 0.326 e. The Hall–Kier alpha value is -1.46. The summed E-state index contributed by atoms with van der Waals surface area (Å²) in [6.07, 6.45) is 0. The van der Waals surface area contributed by atoms with Gasteiger partial charge in [0.15, 0.2) is 11.5 Å². The van der Waals surface area contributed by atoms with Gasteiger partial charge in [-0.25, -0.2) is 0 Å². The average molecular weight is 307 g/mol. The van der Waals surface area contributed by atoms with Crippen molar-refractivity contribution in [2.24, 2.45) is 0 Å². The van der Waals surface area contributed by atoms with Crippen molar-refractivity contribution in [3.05, 3.63) is 17.7 Å². The SMILES string of the molecule is COc1c(OC(=O)CCl)cc(C)cc1OC(=O)CCl. The largest absolute Gasteiger partial charge is 0.490 e. The van der Waals surface area contributed by atoms with Crippen molar-refractivity contribution in [3.63, 3.8) is 0 Å². The number of hydrogen-bond acceptors (Lipinski definition) is 5. The van der Waals surface area contributed by atoms with Crippen molar-refractivity contribution in [1.82, 2.24) is 0 Å². The molecule has 1 rings (SSSR count). The molecule has 104 valence electrons. The summed E-state index contributed by atoms with van der Waals surface area (Å²) in [5.74, 6) is -1.49. The van der Waals surface area contributed by atoms with Gasteiger partial charge in [0.2, 0.25) is 5.75 Å². The molecule has 1 aromatic rings. The van der Waals surface area contributed by atoms with Gasteiger partial charge in [-0.05, 0) is 24.6 Å². The summed E-state index contributed by atoms with van der Waals surface area (Å²) in [7, 11) is 1.36. The molecule has 0 aromatic heterocycles. The molecule has 0 aliphatic heterocycles. The van der Waals surface area contributed by atoms with Gasteiger partial charge in [-0.2, -0.15) is 0 Å². The van der Waals surface area contributed by atoms with Crippen LogP contribution in [0, 0.1) is 6.92 Å². The fourth-order valence-corrected chi connectivity index (χ4v) is 1.47. The van der Waals surface area contributed by atoms with Crippen molar-refractivity contribution in [2.45, 2.75) is 6.92 Å². The summed E-state index contributed by atoms with van der Waals surface area (Å²) in [5, 5.41) is 0. The normalized spacial score (nSPS) is 9.89. The first-order valence-electron chi connectivity index (χ1n) is 5.23. The van der Waals surface area contributed by atoms with Crippen LogP contribution in [0.15, 0.2) is 12.1 Å². The third kappa shape index (κ3) is 4.29. The van der Waals surface area contributed by atoms with E-state index in [0.717, 1.165) is 5.56 Å². The van der Waals surface area contributed by atoms with Gasteiger partial charge in [-0.15, -0.1) is 23.2 Å². The van der Waals surface area contributed by atoms with E-state index in [2.05, 4.69) is 0 Å². The third-order valence-electron chi connectivity index (χ3n) is 2.04. The van der Waals surface area contributed by atoms with Crippen molar-refractivity contribution in [3.8, 4) is 17.2 Å². The highest BCUT2D eigenvalue weighted by Gasteiger charge is 2.18. The lowest BCUT2D eigenvalue weighted by atomic mass is 10.2. The zero-order valence-electron chi connectivity index (χ0n) is 10.4. The van der Waals surface area contributed by atoms with Gasteiger partial charge in [0.05, 0.1) is 7.11 Å². The van der Waals surface area contributed by atoms with E-state index in [-0.39, 0.29) is 29.0 Å². The third-order valence-corrected chi connectivity index (χ3v) is 2.47. The Morgan fingerprint density at radius 3 is 1.79 bits per heavy atom. The van der Waals surface area contributed by atoms with Gasteiger partial charge in [0.1, 0.15) is 11.8 Å². The summed E-state index contributed by atoms with van der Waals surface area (Å²) in [5.41, 5.74) is 0.718. The summed E-state index contributed by atoms with van der Waals surface area (Å²) in [6.45, 7) is 1.75.